The fourth-order valence-electron chi connectivity index (χ4n) is 2.91. The molecule has 2 unspecified atom stereocenters. The van der Waals surface area contributed by atoms with Crippen LogP contribution in [0.2, 0.25) is 15.1 Å². The van der Waals surface area contributed by atoms with Gasteiger partial charge in [0, 0.05) is 10.9 Å². The van der Waals surface area contributed by atoms with Gasteiger partial charge in [-0.15, -0.1) is 0 Å². The Labute approximate surface area is 115 Å². The summed E-state index contributed by atoms with van der Waals surface area (Å²) in [7, 11) is 0. The summed E-state index contributed by atoms with van der Waals surface area (Å²) in [5.41, 5.74) is 0.448. The average Bonchev–Trinajstić information content (AvgIpc) is 2.84. The fraction of sp³-hybridized carbons (Fsp3) is 0.462. The standard InChI is InChI=1S/C13H11Cl3O/c14-9-4-10(15)12(11(16)5-9)13(17)8-2-6-1-7(6)3-8/h4-8H,1-3H2. The molecule has 0 radical (unpaired) electrons. The highest BCUT2D eigenvalue weighted by atomic mass is 35.5. The Hall–Kier alpha value is -0.240. The molecule has 2 fully saturated rings. The second-order valence-corrected chi connectivity index (χ2v) is 6.28. The molecule has 0 aromatic heterocycles. The molecule has 2 aliphatic carbocycles. The average molecular weight is 290 g/mol. The Bertz CT molecular complexity index is 464. The van der Waals surface area contributed by atoms with Crippen molar-refractivity contribution in [2.45, 2.75) is 19.3 Å². The minimum atomic E-state index is 0.0869. The Morgan fingerprint density at radius 2 is 1.53 bits per heavy atom. The molecule has 0 heterocycles. The van der Waals surface area contributed by atoms with Crippen LogP contribution < -0.4 is 0 Å². The van der Waals surface area contributed by atoms with E-state index in [9.17, 15) is 4.79 Å². The van der Waals surface area contributed by atoms with Gasteiger partial charge in [-0.05, 0) is 43.2 Å². The highest BCUT2D eigenvalue weighted by Crippen LogP contribution is 2.55. The Balaban J connectivity index is 1.90. The number of halogens is 3. The van der Waals surface area contributed by atoms with Crippen molar-refractivity contribution in [2.75, 3.05) is 0 Å². The van der Waals surface area contributed by atoms with E-state index in [2.05, 4.69) is 0 Å². The van der Waals surface area contributed by atoms with Crippen LogP contribution in [0.1, 0.15) is 29.6 Å². The molecule has 2 aliphatic rings. The molecule has 3 rings (SSSR count). The van der Waals surface area contributed by atoms with Crippen LogP contribution >= 0.6 is 34.8 Å². The topological polar surface area (TPSA) is 17.1 Å². The number of rotatable bonds is 2. The van der Waals surface area contributed by atoms with Crippen molar-refractivity contribution < 1.29 is 4.79 Å². The van der Waals surface area contributed by atoms with Gasteiger partial charge in [0.2, 0.25) is 0 Å². The molecule has 0 aliphatic heterocycles. The van der Waals surface area contributed by atoms with Crippen molar-refractivity contribution in [3.63, 3.8) is 0 Å². The van der Waals surface area contributed by atoms with Crippen LogP contribution in [-0.2, 0) is 0 Å². The first-order valence-electron chi connectivity index (χ1n) is 5.75. The lowest BCUT2D eigenvalue weighted by Gasteiger charge is -2.13. The minimum absolute atomic E-state index is 0.0869. The normalized spacial score (nSPS) is 30.2. The maximum atomic E-state index is 12.4. The van der Waals surface area contributed by atoms with Gasteiger partial charge >= 0.3 is 0 Å². The number of ketones is 1. The van der Waals surface area contributed by atoms with Gasteiger partial charge in [-0.2, -0.15) is 0 Å². The van der Waals surface area contributed by atoms with Crippen molar-refractivity contribution in [2.24, 2.45) is 17.8 Å². The van der Waals surface area contributed by atoms with Crippen LogP contribution in [0.3, 0.4) is 0 Å². The maximum absolute atomic E-state index is 12.4. The van der Waals surface area contributed by atoms with E-state index in [4.69, 9.17) is 34.8 Å². The molecular formula is C13H11Cl3O. The number of fused-ring (bicyclic) bond motifs is 1. The summed E-state index contributed by atoms with van der Waals surface area (Å²) < 4.78 is 0. The van der Waals surface area contributed by atoms with Gasteiger partial charge in [0.15, 0.2) is 5.78 Å². The SMILES string of the molecule is O=C(c1c(Cl)cc(Cl)cc1Cl)C1CC2CC2C1. The van der Waals surface area contributed by atoms with Crippen molar-refractivity contribution in [3.8, 4) is 0 Å². The largest absolute Gasteiger partial charge is 0.294 e. The van der Waals surface area contributed by atoms with Crippen molar-refractivity contribution in [3.05, 3.63) is 32.8 Å². The number of benzene rings is 1. The van der Waals surface area contributed by atoms with Gasteiger partial charge in [0.1, 0.15) is 0 Å². The number of Topliss-reactive ketones (excluding diaryl/α,β-unsaturated/α-hetero) is 1. The molecule has 90 valence electrons. The predicted molar refractivity (Wildman–Crippen MR) is 70.1 cm³/mol. The molecule has 0 spiro atoms. The molecule has 1 aromatic carbocycles. The summed E-state index contributed by atoms with van der Waals surface area (Å²) in [6.45, 7) is 0. The lowest BCUT2D eigenvalue weighted by Crippen LogP contribution is -2.14. The second-order valence-electron chi connectivity index (χ2n) is 5.03. The van der Waals surface area contributed by atoms with Crippen LogP contribution in [0.25, 0.3) is 0 Å². The number of carbonyl (C=O) groups is 1. The van der Waals surface area contributed by atoms with Gasteiger partial charge in [-0.3, -0.25) is 4.79 Å². The molecule has 0 amide bonds. The van der Waals surface area contributed by atoms with E-state index < -0.39 is 0 Å². The molecule has 1 nitrogen and oxygen atoms in total. The van der Waals surface area contributed by atoms with Gasteiger partial charge in [0.05, 0.1) is 15.6 Å². The summed E-state index contributed by atoms with van der Waals surface area (Å²) in [6.07, 6.45) is 3.30. The summed E-state index contributed by atoms with van der Waals surface area (Å²) in [5.74, 6) is 1.74. The van der Waals surface area contributed by atoms with Crippen molar-refractivity contribution >= 4 is 40.6 Å². The van der Waals surface area contributed by atoms with Crippen molar-refractivity contribution in [1.29, 1.82) is 0 Å². The molecule has 0 saturated heterocycles. The molecule has 4 heteroatoms. The third kappa shape index (κ3) is 2.09. The van der Waals surface area contributed by atoms with Crippen LogP contribution in [-0.4, -0.2) is 5.78 Å². The molecule has 2 atom stereocenters. The molecule has 0 N–H and O–H groups in total. The van der Waals surface area contributed by atoms with Crippen LogP contribution in [0, 0.1) is 17.8 Å². The van der Waals surface area contributed by atoms with Crippen LogP contribution in [0.15, 0.2) is 12.1 Å². The Morgan fingerprint density at radius 1 is 1.00 bits per heavy atom. The van der Waals surface area contributed by atoms with E-state index in [1.54, 1.807) is 12.1 Å². The first-order valence-corrected chi connectivity index (χ1v) is 6.88. The maximum Gasteiger partial charge on any atom is 0.168 e. The molecule has 17 heavy (non-hydrogen) atoms. The summed E-state index contributed by atoms with van der Waals surface area (Å²) in [6, 6.07) is 3.16. The second kappa shape index (κ2) is 4.15. The fourth-order valence-corrected chi connectivity index (χ4v) is 3.91. The van der Waals surface area contributed by atoms with E-state index in [1.165, 1.54) is 6.42 Å². The first kappa shape index (κ1) is 11.8. The van der Waals surface area contributed by atoms with Crippen molar-refractivity contribution in [1.82, 2.24) is 0 Å². The molecule has 0 bridgehead atoms. The van der Waals surface area contributed by atoms with E-state index >= 15 is 0 Å². The van der Waals surface area contributed by atoms with Crippen LogP contribution in [0.5, 0.6) is 0 Å². The summed E-state index contributed by atoms with van der Waals surface area (Å²) in [5, 5.41) is 1.20. The monoisotopic (exact) mass is 288 g/mol. The zero-order valence-electron chi connectivity index (χ0n) is 9.05. The summed E-state index contributed by atoms with van der Waals surface area (Å²) in [4.78, 5) is 12.4. The lowest BCUT2D eigenvalue weighted by atomic mass is 9.93. The number of carbonyl (C=O) groups excluding carboxylic acids is 1. The van der Waals surface area contributed by atoms with E-state index in [0.29, 0.717) is 20.6 Å². The molecule has 2 saturated carbocycles. The zero-order valence-corrected chi connectivity index (χ0v) is 11.3. The van der Waals surface area contributed by atoms with Gasteiger partial charge in [0.25, 0.3) is 0 Å². The highest BCUT2D eigenvalue weighted by Gasteiger charge is 2.48. The number of hydrogen-bond acceptors (Lipinski definition) is 1. The number of hydrogen-bond donors (Lipinski definition) is 0. The summed E-state index contributed by atoms with van der Waals surface area (Å²) >= 11 is 18.0. The van der Waals surface area contributed by atoms with Gasteiger partial charge in [-0.1, -0.05) is 34.8 Å². The predicted octanol–water partition coefficient (Wildman–Crippen LogP) is 4.88. The highest BCUT2D eigenvalue weighted by molar-refractivity contribution is 6.42. The zero-order chi connectivity index (χ0) is 12.2. The van der Waals surface area contributed by atoms with E-state index in [1.807, 2.05) is 0 Å². The van der Waals surface area contributed by atoms with E-state index in [-0.39, 0.29) is 11.7 Å². The van der Waals surface area contributed by atoms with Gasteiger partial charge in [-0.25, -0.2) is 0 Å². The Morgan fingerprint density at radius 3 is 2.06 bits per heavy atom. The third-order valence-corrected chi connectivity index (χ3v) is 4.68. The van der Waals surface area contributed by atoms with Gasteiger partial charge < -0.3 is 0 Å². The first-order chi connectivity index (χ1) is 8.06. The quantitative estimate of drug-likeness (QED) is 0.709. The molecular weight excluding hydrogens is 279 g/mol. The smallest absolute Gasteiger partial charge is 0.168 e. The Kier molecular flexibility index (Phi) is 2.89. The molecule has 1 aromatic rings. The minimum Gasteiger partial charge on any atom is -0.294 e. The van der Waals surface area contributed by atoms with Crippen LogP contribution in [0.4, 0.5) is 0 Å². The van der Waals surface area contributed by atoms with E-state index in [0.717, 1.165) is 24.7 Å². The third-order valence-electron chi connectivity index (χ3n) is 3.87. The lowest BCUT2D eigenvalue weighted by molar-refractivity contribution is 0.0915.